The van der Waals surface area contributed by atoms with Crippen LogP contribution in [0.4, 0.5) is 15.9 Å². The van der Waals surface area contributed by atoms with Crippen molar-refractivity contribution in [2.24, 2.45) is 0 Å². The lowest BCUT2D eigenvalue weighted by Gasteiger charge is -2.17. The van der Waals surface area contributed by atoms with Crippen molar-refractivity contribution in [2.75, 3.05) is 4.90 Å². The van der Waals surface area contributed by atoms with Crippen molar-refractivity contribution in [3.63, 3.8) is 0 Å². The molecule has 1 aliphatic heterocycles. The molecule has 5 nitrogen and oxygen atoms in total. The number of fused-ring (bicyclic) bond motifs is 1. The molecule has 2 aromatic carbocycles. The molecule has 6 heteroatoms. The quantitative estimate of drug-likeness (QED) is 0.502. The Labute approximate surface area is 172 Å². The minimum atomic E-state index is -0.381. The lowest BCUT2D eigenvalue weighted by atomic mass is 9.92. The van der Waals surface area contributed by atoms with Crippen LogP contribution in [-0.4, -0.2) is 20.9 Å². The van der Waals surface area contributed by atoms with Gasteiger partial charge in [-0.1, -0.05) is 24.3 Å². The number of halogens is 1. The number of rotatable bonds is 4. The van der Waals surface area contributed by atoms with Crippen LogP contribution >= 0.6 is 0 Å². The van der Waals surface area contributed by atoms with Crippen molar-refractivity contribution in [1.82, 2.24) is 15.0 Å². The fourth-order valence-electron chi connectivity index (χ4n) is 3.86. The van der Waals surface area contributed by atoms with Crippen molar-refractivity contribution in [3.8, 4) is 11.1 Å². The van der Waals surface area contributed by atoms with Crippen LogP contribution in [-0.2, 0) is 11.2 Å². The highest BCUT2D eigenvalue weighted by atomic mass is 19.1. The molecule has 146 valence electrons. The van der Waals surface area contributed by atoms with Crippen LogP contribution in [0.25, 0.3) is 11.1 Å². The standard InChI is InChI=1S/C24H17FN4O/c25-19-7-4-17(5-8-19)18-6-9-22-20(12-18)21(11-16-13-26-15-27-14-16)24(30)29(22)23-3-1-2-10-28-23/h1-10,12-15,21H,11H2. The van der Waals surface area contributed by atoms with E-state index in [4.69, 9.17) is 0 Å². The van der Waals surface area contributed by atoms with Gasteiger partial charge in [-0.3, -0.25) is 9.69 Å². The second-order valence-corrected chi connectivity index (χ2v) is 7.15. The van der Waals surface area contributed by atoms with Crippen molar-refractivity contribution >= 4 is 17.4 Å². The first kappa shape index (κ1) is 18.1. The second kappa shape index (κ2) is 7.48. The van der Waals surface area contributed by atoms with Gasteiger partial charge < -0.3 is 0 Å². The second-order valence-electron chi connectivity index (χ2n) is 7.15. The van der Waals surface area contributed by atoms with Crippen LogP contribution in [0.3, 0.4) is 0 Å². The third-order valence-electron chi connectivity index (χ3n) is 5.27. The third kappa shape index (κ3) is 3.22. The zero-order chi connectivity index (χ0) is 20.5. The van der Waals surface area contributed by atoms with Gasteiger partial charge in [0.25, 0.3) is 0 Å². The molecule has 1 amide bonds. The maximum Gasteiger partial charge on any atom is 0.240 e. The van der Waals surface area contributed by atoms with Crippen molar-refractivity contribution < 1.29 is 9.18 Å². The summed E-state index contributed by atoms with van der Waals surface area (Å²) in [6.07, 6.45) is 7.09. The normalized spacial score (nSPS) is 15.3. The first-order valence-corrected chi connectivity index (χ1v) is 9.59. The maximum atomic E-state index is 13.5. The van der Waals surface area contributed by atoms with Crippen LogP contribution in [0.1, 0.15) is 17.0 Å². The highest BCUT2D eigenvalue weighted by molar-refractivity contribution is 6.10. The molecule has 5 rings (SSSR count). The van der Waals surface area contributed by atoms with Gasteiger partial charge in [0, 0.05) is 18.6 Å². The molecule has 0 saturated carbocycles. The van der Waals surface area contributed by atoms with E-state index < -0.39 is 0 Å². The molecule has 30 heavy (non-hydrogen) atoms. The van der Waals surface area contributed by atoms with Crippen LogP contribution in [0.5, 0.6) is 0 Å². The first-order valence-electron chi connectivity index (χ1n) is 9.59. The molecule has 0 radical (unpaired) electrons. The Morgan fingerprint density at radius 2 is 1.70 bits per heavy atom. The van der Waals surface area contributed by atoms with Gasteiger partial charge in [-0.2, -0.15) is 0 Å². The summed E-state index contributed by atoms with van der Waals surface area (Å²) in [5.74, 6) is -0.110. The lowest BCUT2D eigenvalue weighted by molar-refractivity contribution is -0.118. The SMILES string of the molecule is O=C1C(Cc2cncnc2)c2cc(-c3ccc(F)cc3)ccc2N1c1ccccn1. The monoisotopic (exact) mass is 396 g/mol. The molecule has 0 spiro atoms. The Balaban J connectivity index is 1.61. The molecule has 2 aromatic heterocycles. The number of carbonyl (C=O) groups is 1. The smallest absolute Gasteiger partial charge is 0.240 e. The Kier molecular flexibility index (Phi) is 4.52. The zero-order valence-electron chi connectivity index (χ0n) is 15.9. The van der Waals surface area contributed by atoms with Gasteiger partial charge in [-0.05, 0) is 65.1 Å². The minimum Gasteiger partial charge on any atom is -0.273 e. The predicted molar refractivity (Wildman–Crippen MR) is 112 cm³/mol. The Hall–Kier alpha value is -3.93. The minimum absolute atomic E-state index is 0.0381. The summed E-state index contributed by atoms with van der Waals surface area (Å²) in [5.41, 5.74) is 4.43. The number of aromatic nitrogens is 3. The van der Waals surface area contributed by atoms with E-state index in [0.717, 1.165) is 27.9 Å². The Bertz CT molecular complexity index is 1200. The molecule has 0 bridgehead atoms. The van der Waals surface area contributed by atoms with Crippen LogP contribution in [0.2, 0.25) is 0 Å². The number of anilines is 2. The molecule has 1 unspecified atom stereocenters. The number of benzene rings is 2. The number of amides is 1. The number of hydrogen-bond donors (Lipinski definition) is 0. The number of pyridine rings is 1. The van der Waals surface area contributed by atoms with Gasteiger partial charge in [-0.15, -0.1) is 0 Å². The van der Waals surface area contributed by atoms with E-state index in [-0.39, 0.29) is 17.6 Å². The summed E-state index contributed by atoms with van der Waals surface area (Å²) >= 11 is 0. The fourth-order valence-corrected chi connectivity index (χ4v) is 3.86. The van der Waals surface area contributed by atoms with Gasteiger partial charge in [0.15, 0.2) is 0 Å². The van der Waals surface area contributed by atoms with Gasteiger partial charge in [0.05, 0.1) is 11.6 Å². The maximum absolute atomic E-state index is 13.5. The van der Waals surface area contributed by atoms with Crippen LogP contribution < -0.4 is 4.90 Å². The molecule has 0 fully saturated rings. The van der Waals surface area contributed by atoms with Crippen molar-refractivity contribution in [3.05, 3.63) is 103 Å². The summed E-state index contributed by atoms with van der Waals surface area (Å²) < 4.78 is 13.3. The number of carbonyl (C=O) groups excluding carboxylic acids is 1. The number of nitrogens with zero attached hydrogens (tertiary/aromatic N) is 4. The average molecular weight is 396 g/mol. The van der Waals surface area contributed by atoms with E-state index in [1.807, 2.05) is 36.4 Å². The van der Waals surface area contributed by atoms with E-state index in [9.17, 15) is 9.18 Å². The van der Waals surface area contributed by atoms with Gasteiger partial charge in [0.1, 0.15) is 18.0 Å². The van der Waals surface area contributed by atoms with Gasteiger partial charge in [0.2, 0.25) is 5.91 Å². The van der Waals surface area contributed by atoms with E-state index in [2.05, 4.69) is 15.0 Å². The van der Waals surface area contributed by atoms with E-state index >= 15 is 0 Å². The summed E-state index contributed by atoms with van der Waals surface area (Å²) in [7, 11) is 0. The summed E-state index contributed by atoms with van der Waals surface area (Å²) in [5, 5.41) is 0. The highest BCUT2D eigenvalue weighted by Gasteiger charge is 2.39. The number of hydrogen-bond acceptors (Lipinski definition) is 4. The summed E-state index contributed by atoms with van der Waals surface area (Å²) in [6.45, 7) is 0. The van der Waals surface area contributed by atoms with Crippen molar-refractivity contribution in [2.45, 2.75) is 12.3 Å². The van der Waals surface area contributed by atoms with Crippen LogP contribution in [0, 0.1) is 5.82 Å². The summed E-state index contributed by atoms with van der Waals surface area (Å²) in [6, 6.07) is 17.8. The fraction of sp³-hybridized carbons (Fsp3) is 0.0833. The van der Waals surface area contributed by atoms with E-state index in [1.165, 1.54) is 18.5 Å². The Morgan fingerprint density at radius 1 is 0.933 bits per heavy atom. The summed E-state index contributed by atoms with van der Waals surface area (Å²) in [4.78, 5) is 27.6. The molecule has 0 N–H and O–H groups in total. The topological polar surface area (TPSA) is 59.0 Å². The molecule has 0 saturated heterocycles. The lowest BCUT2D eigenvalue weighted by Crippen LogP contribution is -2.25. The molecule has 0 aliphatic carbocycles. The zero-order valence-corrected chi connectivity index (χ0v) is 15.9. The van der Waals surface area contributed by atoms with Gasteiger partial charge in [-0.25, -0.2) is 19.3 Å². The van der Waals surface area contributed by atoms with Gasteiger partial charge >= 0.3 is 0 Å². The molecular weight excluding hydrogens is 379 g/mol. The molecule has 4 aromatic rings. The first-order chi connectivity index (χ1) is 14.7. The van der Waals surface area contributed by atoms with Crippen LogP contribution in [0.15, 0.2) is 85.6 Å². The molecule has 3 heterocycles. The van der Waals surface area contributed by atoms with Crippen molar-refractivity contribution in [1.29, 1.82) is 0 Å². The molecule has 1 aliphatic rings. The predicted octanol–water partition coefficient (Wildman–Crippen LogP) is 4.68. The van der Waals surface area contributed by atoms with E-state index in [0.29, 0.717) is 12.2 Å². The Morgan fingerprint density at radius 3 is 2.43 bits per heavy atom. The highest BCUT2D eigenvalue weighted by Crippen LogP contribution is 2.44. The molecular formula is C24H17FN4O. The average Bonchev–Trinajstić information content (AvgIpc) is 3.06. The molecule has 1 atom stereocenters. The largest absolute Gasteiger partial charge is 0.273 e. The van der Waals surface area contributed by atoms with E-state index in [1.54, 1.807) is 35.6 Å². The third-order valence-corrected chi connectivity index (χ3v) is 5.27.